The molecular formula is C22H22N4O4. The third kappa shape index (κ3) is 4.38. The summed E-state index contributed by atoms with van der Waals surface area (Å²) in [5.74, 6) is -0.472. The summed E-state index contributed by atoms with van der Waals surface area (Å²) in [5.41, 5.74) is 1.77. The number of hydrogen-bond acceptors (Lipinski definition) is 4. The summed E-state index contributed by atoms with van der Waals surface area (Å²) >= 11 is 0. The normalized spacial score (nSPS) is 10.6. The Kier molecular flexibility index (Phi) is 5.96. The smallest absolute Gasteiger partial charge is 0.326 e. The van der Waals surface area contributed by atoms with Gasteiger partial charge in [0.1, 0.15) is 0 Å². The van der Waals surface area contributed by atoms with Crippen molar-refractivity contribution < 1.29 is 9.59 Å². The van der Waals surface area contributed by atoms with Crippen LogP contribution in [0.5, 0.6) is 0 Å². The monoisotopic (exact) mass is 406 g/mol. The number of fused-ring (bicyclic) bond motifs is 1. The molecule has 3 rings (SSSR count). The first kappa shape index (κ1) is 20.8. The van der Waals surface area contributed by atoms with E-state index in [9.17, 15) is 19.2 Å². The zero-order chi connectivity index (χ0) is 21.8. The van der Waals surface area contributed by atoms with Crippen LogP contribution in [0.1, 0.15) is 12.0 Å². The fourth-order valence-corrected chi connectivity index (χ4v) is 3.09. The lowest BCUT2D eigenvalue weighted by molar-refractivity contribution is -0.116. The van der Waals surface area contributed by atoms with Crippen molar-refractivity contribution in [3.63, 3.8) is 0 Å². The summed E-state index contributed by atoms with van der Waals surface area (Å²) in [4.78, 5) is 48.0. The second kappa shape index (κ2) is 8.60. The molecule has 0 aliphatic carbocycles. The van der Waals surface area contributed by atoms with E-state index >= 15 is 0 Å². The molecule has 0 aliphatic heterocycles. The molecule has 154 valence electrons. The van der Waals surface area contributed by atoms with Gasteiger partial charge >= 0.3 is 5.69 Å². The van der Waals surface area contributed by atoms with Crippen LogP contribution < -0.4 is 21.9 Å². The Morgan fingerprint density at radius 2 is 1.63 bits per heavy atom. The van der Waals surface area contributed by atoms with Crippen molar-refractivity contribution in [1.82, 2.24) is 9.13 Å². The average Bonchev–Trinajstić information content (AvgIpc) is 2.75. The van der Waals surface area contributed by atoms with Crippen LogP contribution >= 0.6 is 0 Å². The van der Waals surface area contributed by atoms with E-state index in [2.05, 4.69) is 17.2 Å². The minimum Gasteiger partial charge on any atom is -0.326 e. The number of amides is 2. The van der Waals surface area contributed by atoms with Gasteiger partial charge in [-0.15, -0.1) is 0 Å². The first-order chi connectivity index (χ1) is 14.3. The van der Waals surface area contributed by atoms with Crippen LogP contribution in [-0.4, -0.2) is 20.9 Å². The second-order valence-electron chi connectivity index (χ2n) is 6.88. The number of carbonyl (C=O) groups is 2. The molecule has 0 aliphatic rings. The fourth-order valence-electron chi connectivity index (χ4n) is 3.09. The van der Waals surface area contributed by atoms with Crippen molar-refractivity contribution in [2.45, 2.75) is 12.8 Å². The standard InChI is InChI=1S/C22H22N4O4/c1-4-19(27)23-15-8-5-14(6-9-15)7-12-20(28)24-16-10-11-17-18(13-16)25(2)22(30)26(3)21(17)29/h4-6,8-11,13H,1,7,12H2,2-3H3,(H,23,27)(H,24,28). The maximum atomic E-state index is 12.3. The van der Waals surface area contributed by atoms with Crippen molar-refractivity contribution in [2.24, 2.45) is 14.1 Å². The lowest BCUT2D eigenvalue weighted by Crippen LogP contribution is -2.36. The van der Waals surface area contributed by atoms with Gasteiger partial charge in [-0.05, 0) is 48.4 Å². The van der Waals surface area contributed by atoms with Gasteiger partial charge in [0.2, 0.25) is 11.8 Å². The third-order valence-electron chi connectivity index (χ3n) is 4.80. The summed E-state index contributed by atoms with van der Waals surface area (Å²) in [5, 5.41) is 5.87. The zero-order valence-electron chi connectivity index (χ0n) is 16.8. The molecule has 0 spiro atoms. The topological polar surface area (TPSA) is 102 Å². The lowest BCUT2D eigenvalue weighted by Gasteiger charge is -2.10. The van der Waals surface area contributed by atoms with E-state index in [1.54, 1.807) is 37.4 Å². The number of benzene rings is 2. The van der Waals surface area contributed by atoms with Gasteiger partial charge in [-0.2, -0.15) is 0 Å². The summed E-state index contributed by atoms with van der Waals surface area (Å²) in [6.07, 6.45) is 1.97. The molecule has 0 atom stereocenters. The molecule has 8 nitrogen and oxygen atoms in total. The van der Waals surface area contributed by atoms with Crippen LogP contribution in [0.15, 0.2) is 64.7 Å². The molecular weight excluding hydrogens is 384 g/mol. The Bertz CT molecular complexity index is 1250. The maximum absolute atomic E-state index is 12.3. The first-order valence-electron chi connectivity index (χ1n) is 9.32. The number of aromatic nitrogens is 2. The molecule has 0 saturated heterocycles. The number of rotatable bonds is 6. The summed E-state index contributed by atoms with van der Waals surface area (Å²) in [6.45, 7) is 3.40. The number of anilines is 2. The molecule has 1 heterocycles. The van der Waals surface area contributed by atoms with Gasteiger partial charge in [0, 0.05) is 31.9 Å². The zero-order valence-corrected chi connectivity index (χ0v) is 16.8. The number of nitrogens with one attached hydrogen (secondary N) is 2. The van der Waals surface area contributed by atoms with Gasteiger partial charge in [-0.1, -0.05) is 18.7 Å². The Morgan fingerprint density at radius 3 is 2.30 bits per heavy atom. The summed E-state index contributed by atoms with van der Waals surface area (Å²) < 4.78 is 2.42. The van der Waals surface area contributed by atoms with Gasteiger partial charge in [0.05, 0.1) is 10.9 Å². The second-order valence-corrected chi connectivity index (χ2v) is 6.88. The number of aryl methyl sites for hydroxylation is 2. The van der Waals surface area contributed by atoms with Crippen LogP contribution in [-0.2, 0) is 30.1 Å². The van der Waals surface area contributed by atoms with Crippen LogP contribution in [0.25, 0.3) is 10.9 Å². The Labute approximate surface area is 172 Å². The maximum Gasteiger partial charge on any atom is 0.330 e. The molecule has 2 N–H and O–H groups in total. The molecule has 0 unspecified atom stereocenters. The first-order valence-corrected chi connectivity index (χ1v) is 9.32. The molecule has 8 heteroatoms. The van der Waals surface area contributed by atoms with Crippen molar-refractivity contribution >= 4 is 34.1 Å². The SMILES string of the molecule is C=CC(=O)Nc1ccc(CCC(=O)Nc2ccc3c(=O)n(C)c(=O)n(C)c3c2)cc1. The van der Waals surface area contributed by atoms with E-state index in [-0.39, 0.29) is 23.8 Å². The van der Waals surface area contributed by atoms with E-state index in [0.717, 1.165) is 10.1 Å². The van der Waals surface area contributed by atoms with Gasteiger partial charge in [-0.25, -0.2) is 4.79 Å². The Balaban J connectivity index is 1.67. The highest BCUT2D eigenvalue weighted by Gasteiger charge is 2.10. The third-order valence-corrected chi connectivity index (χ3v) is 4.80. The van der Waals surface area contributed by atoms with Crippen molar-refractivity contribution in [2.75, 3.05) is 10.6 Å². The minimum atomic E-state index is -0.427. The van der Waals surface area contributed by atoms with E-state index in [0.29, 0.717) is 28.7 Å². The van der Waals surface area contributed by atoms with Crippen LogP contribution in [0, 0.1) is 0 Å². The summed E-state index contributed by atoms with van der Waals surface area (Å²) in [6, 6.07) is 12.1. The largest absolute Gasteiger partial charge is 0.330 e. The fraction of sp³-hybridized carbons (Fsp3) is 0.182. The predicted octanol–water partition coefficient (Wildman–Crippen LogP) is 1.93. The van der Waals surface area contributed by atoms with Crippen molar-refractivity contribution in [1.29, 1.82) is 0 Å². The number of hydrogen-bond donors (Lipinski definition) is 2. The minimum absolute atomic E-state index is 0.188. The van der Waals surface area contributed by atoms with Crippen molar-refractivity contribution in [3.8, 4) is 0 Å². The molecule has 1 aromatic heterocycles. The predicted molar refractivity (Wildman–Crippen MR) is 117 cm³/mol. The molecule has 2 amide bonds. The Morgan fingerprint density at radius 1 is 0.967 bits per heavy atom. The lowest BCUT2D eigenvalue weighted by atomic mass is 10.1. The molecule has 30 heavy (non-hydrogen) atoms. The van der Waals surface area contributed by atoms with E-state index in [1.165, 1.54) is 17.7 Å². The quantitative estimate of drug-likeness (QED) is 0.611. The van der Waals surface area contributed by atoms with Crippen molar-refractivity contribution in [3.05, 3.63) is 81.5 Å². The van der Waals surface area contributed by atoms with Gasteiger partial charge in [-0.3, -0.25) is 23.5 Å². The van der Waals surface area contributed by atoms with Crippen LogP contribution in [0.2, 0.25) is 0 Å². The van der Waals surface area contributed by atoms with Gasteiger partial charge in [0.25, 0.3) is 5.56 Å². The van der Waals surface area contributed by atoms with Gasteiger partial charge < -0.3 is 10.6 Å². The molecule has 0 radical (unpaired) electrons. The highest BCUT2D eigenvalue weighted by atomic mass is 16.2. The van der Waals surface area contributed by atoms with Gasteiger partial charge in [0.15, 0.2) is 0 Å². The molecule has 0 bridgehead atoms. The average molecular weight is 406 g/mol. The molecule has 3 aromatic rings. The van der Waals surface area contributed by atoms with E-state index in [4.69, 9.17) is 0 Å². The molecule has 0 saturated carbocycles. The highest BCUT2D eigenvalue weighted by molar-refractivity contribution is 5.98. The van der Waals surface area contributed by atoms with E-state index < -0.39 is 5.69 Å². The summed E-state index contributed by atoms with van der Waals surface area (Å²) in [7, 11) is 3.01. The molecule has 0 fully saturated rings. The highest BCUT2D eigenvalue weighted by Crippen LogP contribution is 2.16. The Hall–Kier alpha value is -3.94. The van der Waals surface area contributed by atoms with Crippen LogP contribution in [0.3, 0.4) is 0 Å². The number of carbonyl (C=O) groups excluding carboxylic acids is 2. The van der Waals surface area contributed by atoms with Crippen LogP contribution in [0.4, 0.5) is 11.4 Å². The molecule has 2 aromatic carbocycles. The van der Waals surface area contributed by atoms with E-state index in [1.807, 2.05) is 12.1 Å². The number of nitrogens with zero attached hydrogens (tertiary/aromatic N) is 2.